The molecule has 4 aromatic carbocycles. The van der Waals surface area contributed by atoms with Crippen molar-refractivity contribution in [2.24, 2.45) is 0 Å². The van der Waals surface area contributed by atoms with Crippen LogP contribution in [0.2, 0.25) is 0 Å². The maximum Gasteiger partial charge on any atom is 0.223 e. The molecule has 146 valence electrons. The zero-order valence-electron chi connectivity index (χ0n) is 16.6. The van der Waals surface area contributed by atoms with Crippen molar-refractivity contribution in [1.82, 2.24) is 23.3 Å². The van der Waals surface area contributed by atoms with Crippen molar-refractivity contribution in [3.05, 3.63) is 103 Å². The number of hydrogen-bond acceptors (Lipinski definition) is 2. The molecule has 0 saturated heterocycles. The SMILES string of the molecule is c1ccc(-n2c3nc4ccccc4n3c3ccccc3n3c4ccccc4nc23)cc1. The van der Waals surface area contributed by atoms with Crippen molar-refractivity contribution in [3.63, 3.8) is 0 Å². The number of fused-ring (bicyclic) bond motifs is 9. The summed E-state index contributed by atoms with van der Waals surface area (Å²) in [6.45, 7) is 0. The van der Waals surface area contributed by atoms with Crippen LogP contribution in [0.15, 0.2) is 103 Å². The Morgan fingerprint density at radius 3 is 1.35 bits per heavy atom. The molecular formula is C26H17N5. The molecule has 0 bridgehead atoms. The molecule has 5 heteroatoms. The molecule has 5 nitrogen and oxygen atoms in total. The van der Waals surface area contributed by atoms with Crippen LogP contribution in [0.5, 0.6) is 0 Å². The first-order valence-electron chi connectivity index (χ1n) is 10.3. The summed E-state index contributed by atoms with van der Waals surface area (Å²) in [6.07, 6.45) is 0. The van der Waals surface area contributed by atoms with Crippen LogP contribution < -0.4 is 0 Å². The molecule has 0 atom stereocenters. The van der Waals surface area contributed by atoms with E-state index in [0.29, 0.717) is 0 Å². The van der Waals surface area contributed by atoms with Crippen molar-refractivity contribution in [1.29, 1.82) is 0 Å². The van der Waals surface area contributed by atoms with Crippen LogP contribution in [-0.2, 0) is 0 Å². The van der Waals surface area contributed by atoms with E-state index in [4.69, 9.17) is 9.97 Å². The fraction of sp³-hybridized carbons (Fsp3) is 0. The summed E-state index contributed by atoms with van der Waals surface area (Å²) in [4.78, 5) is 10.1. The topological polar surface area (TPSA) is 39.5 Å². The van der Waals surface area contributed by atoms with Crippen molar-refractivity contribution < 1.29 is 0 Å². The Labute approximate surface area is 177 Å². The molecule has 0 amide bonds. The van der Waals surface area contributed by atoms with Gasteiger partial charge in [-0.05, 0) is 48.5 Å². The van der Waals surface area contributed by atoms with Gasteiger partial charge in [0.15, 0.2) is 0 Å². The van der Waals surface area contributed by atoms with Crippen molar-refractivity contribution in [2.75, 3.05) is 0 Å². The Morgan fingerprint density at radius 1 is 0.419 bits per heavy atom. The highest BCUT2D eigenvalue weighted by atomic mass is 15.3. The summed E-state index contributed by atoms with van der Waals surface area (Å²) in [6, 6.07) is 35.3. The van der Waals surface area contributed by atoms with Crippen LogP contribution in [-0.4, -0.2) is 23.3 Å². The largest absolute Gasteiger partial charge is 0.276 e. The van der Waals surface area contributed by atoms with E-state index in [1.807, 2.05) is 30.3 Å². The van der Waals surface area contributed by atoms with Gasteiger partial charge in [0.2, 0.25) is 11.6 Å². The van der Waals surface area contributed by atoms with Gasteiger partial charge in [-0.3, -0.25) is 8.80 Å². The number of aromatic nitrogens is 5. The van der Waals surface area contributed by atoms with E-state index < -0.39 is 0 Å². The number of rotatable bonds is 1. The van der Waals surface area contributed by atoms with Crippen LogP contribution in [0.3, 0.4) is 0 Å². The van der Waals surface area contributed by atoms with E-state index in [0.717, 1.165) is 50.3 Å². The zero-order valence-corrected chi connectivity index (χ0v) is 16.6. The van der Waals surface area contributed by atoms with Crippen LogP contribution in [0.25, 0.3) is 50.3 Å². The molecule has 3 aromatic heterocycles. The third kappa shape index (κ3) is 2.20. The van der Waals surface area contributed by atoms with Gasteiger partial charge < -0.3 is 0 Å². The predicted octanol–water partition coefficient (Wildman–Crippen LogP) is 5.79. The lowest BCUT2D eigenvalue weighted by Crippen LogP contribution is -2.01. The standard InChI is InChI=1S/C26H17N5/c1-2-10-18(11-3-1)29-25-27-19-12-4-6-14-21(19)30(25)23-16-8-9-17-24(23)31-22-15-7-5-13-20(22)28-26(29)31/h1-17H. The second kappa shape index (κ2) is 6.06. The molecule has 31 heavy (non-hydrogen) atoms. The third-order valence-electron chi connectivity index (χ3n) is 5.86. The highest BCUT2D eigenvalue weighted by Gasteiger charge is 2.17. The van der Waals surface area contributed by atoms with Gasteiger partial charge in [0, 0.05) is 0 Å². The van der Waals surface area contributed by atoms with Gasteiger partial charge in [-0.2, -0.15) is 0 Å². The minimum absolute atomic E-state index is 0.828. The number of nitrogens with zero attached hydrogens (tertiary/aromatic N) is 5. The molecule has 0 radical (unpaired) electrons. The summed E-state index contributed by atoms with van der Waals surface area (Å²) in [7, 11) is 0. The average Bonchev–Trinajstić information content (AvgIpc) is 3.36. The summed E-state index contributed by atoms with van der Waals surface area (Å²) < 4.78 is 6.63. The van der Waals surface area contributed by atoms with Crippen molar-refractivity contribution in [2.45, 2.75) is 0 Å². The van der Waals surface area contributed by atoms with Crippen LogP contribution >= 0.6 is 0 Å². The molecule has 0 N–H and O–H groups in total. The van der Waals surface area contributed by atoms with E-state index in [-0.39, 0.29) is 0 Å². The predicted molar refractivity (Wildman–Crippen MR) is 125 cm³/mol. The molecule has 0 unspecified atom stereocenters. The normalized spacial score (nSPS) is 11.9. The summed E-state index contributed by atoms with van der Waals surface area (Å²) in [5, 5.41) is 0. The lowest BCUT2D eigenvalue weighted by atomic mass is 10.2. The number of imidazole rings is 2. The van der Waals surface area contributed by atoms with Crippen molar-refractivity contribution in [3.8, 4) is 5.69 Å². The Balaban J connectivity index is 1.91. The zero-order chi connectivity index (χ0) is 20.4. The summed E-state index contributed by atoms with van der Waals surface area (Å²) in [5.41, 5.74) is 7.23. The van der Waals surface area contributed by atoms with Gasteiger partial charge >= 0.3 is 0 Å². The first kappa shape index (κ1) is 16.4. The Bertz CT molecular complexity index is 1670. The Morgan fingerprint density at radius 2 is 0.839 bits per heavy atom. The Hall–Kier alpha value is -4.38. The molecule has 3 heterocycles. The smallest absolute Gasteiger partial charge is 0.223 e. The average molecular weight is 399 g/mol. The van der Waals surface area contributed by atoms with Crippen LogP contribution in [0, 0.1) is 0 Å². The fourth-order valence-corrected chi connectivity index (χ4v) is 4.54. The second-order valence-corrected chi connectivity index (χ2v) is 7.63. The second-order valence-electron chi connectivity index (χ2n) is 7.63. The number of hydrogen-bond donors (Lipinski definition) is 0. The van der Waals surface area contributed by atoms with Gasteiger partial charge in [-0.25, -0.2) is 14.5 Å². The Kier molecular flexibility index (Phi) is 3.21. The van der Waals surface area contributed by atoms with E-state index in [1.54, 1.807) is 0 Å². The third-order valence-corrected chi connectivity index (χ3v) is 5.86. The molecule has 0 spiro atoms. The first-order chi connectivity index (χ1) is 15.4. The van der Waals surface area contributed by atoms with E-state index in [9.17, 15) is 0 Å². The quantitative estimate of drug-likeness (QED) is 0.350. The molecule has 0 aliphatic carbocycles. The van der Waals surface area contributed by atoms with Crippen LogP contribution in [0.4, 0.5) is 0 Å². The van der Waals surface area contributed by atoms with Gasteiger partial charge in [0.05, 0.1) is 38.8 Å². The van der Waals surface area contributed by atoms with Gasteiger partial charge in [-0.15, -0.1) is 0 Å². The van der Waals surface area contributed by atoms with Gasteiger partial charge in [0.1, 0.15) is 0 Å². The van der Waals surface area contributed by atoms with E-state index >= 15 is 0 Å². The molecule has 0 aliphatic rings. The highest BCUT2D eigenvalue weighted by molar-refractivity contribution is 5.92. The molecule has 7 aromatic rings. The minimum atomic E-state index is 0.828. The summed E-state index contributed by atoms with van der Waals surface area (Å²) in [5.74, 6) is 1.66. The van der Waals surface area contributed by atoms with E-state index in [1.165, 1.54) is 0 Å². The maximum absolute atomic E-state index is 5.07. The lowest BCUT2D eigenvalue weighted by molar-refractivity contribution is 1.03. The minimum Gasteiger partial charge on any atom is -0.276 e. The summed E-state index contributed by atoms with van der Waals surface area (Å²) >= 11 is 0. The molecule has 0 fully saturated rings. The van der Waals surface area contributed by atoms with Crippen LogP contribution in [0.1, 0.15) is 0 Å². The lowest BCUT2D eigenvalue weighted by Gasteiger charge is -2.06. The van der Waals surface area contributed by atoms with E-state index in [2.05, 4.69) is 86.2 Å². The van der Waals surface area contributed by atoms with Gasteiger partial charge in [0.25, 0.3) is 0 Å². The fourth-order valence-electron chi connectivity index (χ4n) is 4.54. The number of para-hydroxylation sites is 7. The first-order valence-corrected chi connectivity index (χ1v) is 10.3. The molecule has 0 saturated carbocycles. The van der Waals surface area contributed by atoms with Crippen molar-refractivity contribution >= 4 is 44.7 Å². The molecule has 7 rings (SSSR count). The monoisotopic (exact) mass is 399 g/mol. The van der Waals surface area contributed by atoms with Gasteiger partial charge in [-0.1, -0.05) is 54.6 Å². The molecular weight excluding hydrogens is 382 g/mol. The maximum atomic E-state index is 5.07. The molecule has 0 aliphatic heterocycles. The number of benzene rings is 4. The highest BCUT2D eigenvalue weighted by Crippen LogP contribution is 2.28.